The van der Waals surface area contributed by atoms with Gasteiger partial charge in [0.15, 0.2) is 0 Å². The molecule has 4 rings (SSSR count). The number of rotatable bonds is 5. The van der Waals surface area contributed by atoms with Gasteiger partial charge in [-0.05, 0) is 29.8 Å². The van der Waals surface area contributed by atoms with E-state index in [1.807, 2.05) is 36.4 Å². The summed E-state index contributed by atoms with van der Waals surface area (Å²) in [4.78, 5) is 28.4. The molecule has 150 valence electrons. The fourth-order valence-corrected chi connectivity index (χ4v) is 3.40. The SMILES string of the molecule is CONc1ccc(C2CN(c3nc(-c4ccncc4)cc(=O)n3C)CCO2)cc1. The van der Waals surface area contributed by atoms with Gasteiger partial charge >= 0.3 is 0 Å². The molecule has 1 fully saturated rings. The normalized spacial score (nSPS) is 16.6. The Labute approximate surface area is 168 Å². The first-order valence-electron chi connectivity index (χ1n) is 9.39. The van der Waals surface area contributed by atoms with Crippen molar-refractivity contribution in [3.8, 4) is 11.3 Å². The van der Waals surface area contributed by atoms with E-state index >= 15 is 0 Å². The maximum absolute atomic E-state index is 12.6. The Morgan fingerprint density at radius 3 is 2.66 bits per heavy atom. The molecule has 1 aliphatic rings. The van der Waals surface area contributed by atoms with Crippen molar-refractivity contribution in [2.24, 2.45) is 7.05 Å². The molecule has 0 saturated carbocycles. The van der Waals surface area contributed by atoms with Crippen LogP contribution in [0.25, 0.3) is 11.3 Å². The highest BCUT2D eigenvalue weighted by atomic mass is 16.6. The van der Waals surface area contributed by atoms with E-state index in [-0.39, 0.29) is 11.7 Å². The van der Waals surface area contributed by atoms with Crippen LogP contribution in [0.15, 0.2) is 59.7 Å². The molecule has 0 aliphatic carbocycles. The van der Waals surface area contributed by atoms with Gasteiger partial charge in [0.25, 0.3) is 5.56 Å². The smallest absolute Gasteiger partial charge is 0.255 e. The molecular formula is C21H23N5O3. The Balaban J connectivity index is 1.61. The van der Waals surface area contributed by atoms with Crippen molar-refractivity contribution in [2.75, 3.05) is 37.2 Å². The van der Waals surface area contributed by atoms with Gasteiger partial charge in [-0.25, -0.2) is 4.98 Å². The third-order valence-corrected chi connectivity index (χ3v) is 4.94. The average molecular weight is 393 g/mol. The first-order chi connectivity index (χ1) is 14.2. The summed E-state index contributed by atoms with van der Waals surface area (Å²) in [5.74, 6) is 0.635. The minimum Gasteiger partial charge on any atom is -0.370 e. The van der Waals surface area contributed by atoms with Crippen molar-refractivity contribution in [3.63, 3.8) is 0 Å². The number of aromatic nitrogens is 3. The first kappa shape index (κ1) is 19.1. The van der Waals surface area contributed by atoms with Gasteiger partial charge in [0.05, 0.1) is 31.6 Å². The molecule has 0 radical (unpaired) electrons. The number of nitrogens with one attached hydrogen (secondary N) is 1. The summed E-state index contributed by atoms with van der Waals surface area (Å²) in [5.41, 5.74) is 6.15. The lowest BCUT2D eigenvalue weighted by Gasteiger charge is -2.34. The molecule has 1 unspecified atom stereocenters. The zero-order chi connectivity index (χ0) is 20.2. The lowest BCUT2D eigenvalue weighted by Crippen LogP contribution is -2.41. The van der Waals surface area contributed by atoms with Crippen LogP contribution in [0.5, 0.6) is 0 Å². The zero-order valence-electron chi connectivity index (χ0n) is 16.4. The Morgan fingerprint density at radius 2 is 1.93 bits per heavy atom. The van der Waals surface area contributed by atoms with Crippen LogP contribution < -0.4 is 15.9 Å². The topological polar surface area (TPSA) is 81.5 Å². The molecule has 0 spiro atoms. The summed E-state index contributed by atoms with van der Waals surface area (Å²) in [6, 6.07) is 13.2. The molecule has 3 heterocycles. The summed E-state index contributed by atoms with van der Waals surface area (Å²) in [6.07, 6.45) is 3.28. The highest BCUT2D eigenvalue weighted by molar-refractivity contribution is 5.59. The molecule has 1 aliphatic heterocycles. The van der Waals surface area contributed by atoms with Gasteiger partial charge < -0.3 is 9.64 Å². The number of hydrogen-bond acceptors (Lipinski definition) is 7. The lowest BCUT2D eigenvalue weighted by molar-refractivity contribution is 0.0390. The van der Waals surface area contributed by atoms with Crippen LogP contribution in [0.3, 0.4) is 0 Å². The van der Waals surface area contributed by atoms with Crippen molar-refractivity contribution in [2.45, 2.75) is 6.10 Å². The van der Waals surface area contributed by atoms with Crippen molar-refractivity contribution < 1.29 is 9.57 Å². The number of pyridine rings is 1. The third-order valence-electron chi connectivity index (χ3n) is 4.94. The minimum absolute atomic E-state index is 0.0974. The van der Waals surface area contributed by atoms with E-state index in [4.69, 9.17) is 14.6 Å². The quantitative estimate of drug-likeness (QED) is 0.667. The molecule has 2 aromatic heterocycles. The van der Waals surface area contributed by atoms with Gasteiger partial charge in [0, 0.05) is 37.6 Å². The van der Waals surface area contributed by atoms with Gasteiger partial charge in [-0.15, -0.1) is 0 Å². The average Bonchev–Trinajstić information content (AvgIpc) is 2.77. The van der Waals surface area contributed by atoms with E-state index in [0.29, 0.717) is 31.3 Å². The molecule has 1 saturated heterocycles. The molecule has 0 bridgehead atoms. The zero-order valence-corrected chi connectivity index (χ0v) is 16.4. The second kappa shape index (κ2) is 8.42. The van der Waals surface area contributed by atoms with Crippen molar-refractivity contribution in [1.29, 1.82) is 0 Å². The van der Waals surface area contributed by atoms with Gasteiger partial charge in [-0.1, -0.05) is 12.1 Å². The van der Waals surface area contributed by atoms with Gasteiger partial charge in [-0.3, -0.25) is 24.7 Å². The van der Waals surface area contributed by atoms with E-state index < -0.39 is 0 Å². The fraction of sp³-hybridized carbons (Fsp3) is 0.286. The molecule has 1 N–H and O–H groups in total. The summed E-state index contributed by atoms with van der Waals surface area (Å²) in [7, 11) is 3.32. The lowest BCUT2D eigenvalue weighted by atomic mass is 10.1. The van der Waals surface area contributed by atoms with Gasteiger partial charge in [0.2, 0.25) is 5.95 Å². The highest BCUT2D eigenvalue weighted by Gasteiger charge is 2.25. The van der Waals surface area contributed by atoms with Gasteiger partial charge in [0.1, 0.15) is 6.10 Å². The van der Waals surface area contributed by atoms with Crippen molar-refractivity contribution in [3.05, 3.63) is 70.8 Å². The fourth-order valence-electron chi connectivity index (χ4n) is 3.40. The number of benzene rings is 1. The molecule has 3 aromatic rings. The van der Waals surface area contributed by atoms with E-state index in [2.05, 4.69) is 15.4 Å². The molecule has 8 nitrogen and oxygen atoms in total. The monoisotopic (exact) mass is 393 g/mol. The largest absolute Gasteiger partial charge is 0.370 e. The number of ether oxygens (including phenoxy) is 1. The van der Waals surface area contributed by atoms with Crippen LogP contribution in [0.4, 0.5) is 11.6 Å². The molecule has 8 heteroatoms. The van der Waals surface area contributed by atoms with E-state index in [9.17, 15) is 4.79 Å². The molecule has 1 atom stereocenters. The minimum atomic E-state index is -0.109. The van der Waals surface area contributed by atoms with E-state index in [1.54, 1.807) is 37.2 Å². The van der Waals surface area contributed by atoms with Crippen LogP contribution >= 0.6 is 0 Å². The Kier molecular flexibility index (Phi) is 5.55. The Hall–Kier alpha value is -3.23. The summed E-state index contributed by atoms with van der Waals surface area (Å²) < 4.78 is 7.57. The van der Waals surface area contributed by atoms with Crippen LogP contribution in [-0.4, -0.2) is 41.3 Å². The summed E-state index contributed by atoms with van der Waals surface area (Å²) >= 11 is 0. The van der Waals surface area contributed by atoms with Crippen molar-refractivity contribution >= 4 is 11.6 Å². The predicted molar refractivity (Wildman–Crippen MR) is 111 cm³/mol. The van der Waals surface area contributed by atoms with E-state index in [0.717, 1.165) is 16.8 Å². The Bertz CT molecular complexity index is 1020. The number of anilines is 2. The second-order valence-electron chi connectivity index (χ2n) is 6.81. The molecule has 0 amide bonds. The maximum Gasteiger partial charge on any atom is 0.255 e. The van der Waals surface area contributed by atoms with Crippen LogP contribution in [0.2, 0.25) is 0 Å². The van der Waals surface area contributed by atoms with E-state index in [1.165, 1.54) is 0 Å². The van der Waals surface area contributed by atoms with Crippen molar-refractivity contribution in [1.82, 2.24) is 14.5 Å². The Morgan fingerprint density at radius 1 is 1.17 bits per heavy atom. The molecule has 1 aromatic carbocycles. The number of morpholine rings is 1. The number of nitrogens with zero attached hydrogens (tertiary/aromatic N) is 4. The van der Waals surface area contributed by atoms with Crippen LogP contribution in [0.1, 0.15) is 11.7 Å². The highest BCUT2D eigenvalue weighted by Crippen LogP contribution is 2.26. The molecular weight excluding hydrogens is 370 g/mol. The maximum atomic E-state index is 12.6. The molecule has 29 heavy (non-hydrogen) atoms. The standard InChI is InChI=1S/C21H23N5O3/c1-25-20(27)13-18(15-7-9-22-10-8-15)23-21(25)26-11-12-29-19(14-26)16-3-5-17(6-4-16)24-28-2/h3-10,13,19,24H,11-12,14H2,1-2H3. The number of hydrogen-bond donors (Lipinski definition) is 1. The first-order valence-corrected chi connectivity index (χ1v) is 9.39. The summed E-state index contributed by atoms with van der Waals surface area (Å²) in [5, 5.41) is 0. The van der Waals surface area contributed by atoms with Crippen LogP contribution in [0, 0.1) is 0 Å². The summed E-state index contributed by atoms with van der Waals surface area (Å²) in [6.45, 7) is 1.83. The third kappa shape index (κ3) is 4.13. The van der Waals surface area contributed by atoms with Crippen LogP contribution in [-0.2, 0) is 16.6 Å². The second-order valence-corrected chi connectivity index (χ2v) is 6.81. The van der Waals surface area contributed by atoms with Gasteiger partial charge in [-0.2, -0.15) is 0 Å². The predicted octanol–water partition coefficient (Wildman–Crippen LogP) is 2.39.